The van der Waals surface area contributed by atoms with Crippen LogP contribution in [0.5, 0.6) is 5.75 Å². The van der Waals surface area contributed by atoms with E-state index in [1.165, 1.54) is 11.8 Å². The van der Waals surface area contributed by atoms with Gasteiger partial charge in [-0.2, -0.15) is 0 Å². The van der Waals surface area contributed by atoms with Gasteiger partial charge in [-0.15, -0.1) is 0 Å². The third-order valence-electron chi connectivity index (χ3n) is 5.44. The molecule has 0 bridgehead atoms. The summed E-state index contributed by atoms with van der Waals surface area (Å²) in [5.74, 6) is 2.57. The van der Waals surface area contributed by atoms with Crippen LogP contribution in [0, 0.1) is 6.92 Å². The Morgan fingerprint density at radius 2 is 1.79 bits per heavy atom. The number of aromatic nitrogens is 4. The van der Waals surface area contributed by atoms with Gasteiger partial charge in [0.2, 0.25) is 5.89 Å². The van der Waals surface area contributed by atoms with Gasteiger partial charge in [0.05, 0.1) is 35.9 Å². The molecule has 0 saturated heterocycles. The number of pyridine rings is 1. The molecule has 3 aromatic heterocycles. The van der Waals surface area contributed by atoms with Crippen LogP contribution in [-0.4, -0.2) is 26.6 Å². The summed E-state index contributed by atoms with van der Waals surface area (Å²) in [6.45, 7) is 2.24. The maximum atomic E-state index is 13.3. The van der Waals surface area contributed by atoms with Gasteiger partial charge in [-0.05, 0) is 55.5 Å². The van der Waals surface area contributed by atoms with Crippen molar-refractivity contribution >= 4 is 22.7 Å². The minimum Gasteiger partial charge on any atom is -0.497 e. The second-order valence-electron chi connectivity index (χ2n) is 7.66. The molecule has 8 heteroatoms. The van der Waals surface area contributed by atoms with E-state index in [9.17, 15) is 4.79 Å². The molecule has 3 heterocycles. The topological polar surface area (TPSA) is 83.0 Å². The largest absolute Gasteiger partial charge is 0.497 e. The van der Waals surface area contributed by atoms with Crippen LogP contribution in [-0.2, 0) is 12.3 Å². The molecule has 0 aliphatic carbocycles. The number of methoxy groups -OCH3 is 1. The number of aryl methyl sites for hydroxylation is 1. The van der Waals surface area contributed by atoms with Crippen molar-refractivity contribution < 1.29 is 9.15 Å². The third-order valence-corrected chi connectivity index (χ3v) is 6.43. The van der Waals surface area contributed by atoms with Crippen molar-refractivity contribution in [2.24, 2.45) is 0 Å². The van der Waals surface area contributed by atoms with Crippen molar-refractivity contribution in [3.8, 4) is 17.2 Å². The Kier molecular flexibility index (Phi) is 6.14. The molecular weight excluding hydrogens is 448 g/mol. The predicted octanol–water partition coefficient (Wildman–Crippen LogP) is 5.10. The summed E-state index contributed by atoms with van der Waals surface area (Å²) < 4.78 is 12.8. The van der Waals surface area contributed by atoms with Gasteiger partial charge in [0.15, 0.2) is 5.16 Å². The number of hydrogen-bond acceptors (Lipinski definition) is 7. The lowest BCUT2D eigenvalue weighted by Gasteiger charge is -2.12. The van der Waals surface area contributed by atoms with Gasteiger partial charge in [0, 0.05) is 17.5 Å². The molecule has 0 amide bonds. The Balaban J connectivity index is 1.46. The molecule has 0 N–H and O–H groups in total. The van der Waals surface area contributed by atoms with Gasteiger partial charge in [-0.25, -0.2) is 9.97 Å². The highest BCUT2D eigenvalue weighted by Crippen LogP contribution is 2.28. The van der Waals surface area contributed by atoms with E-state index in [4.69, 9.17) is 19.1 Å². The lowest BCUT2D eigenvalue weighted by molar-refractivity contribution is 0.415. The quantitative estimate of drug-likeness (QED) is 0.242. The molecule has 7 nitrogen and oxygen atoms in total. The van der Waals surface area contributed by atoms with Crippen molar-refractivity contribution in [1.82, 2.24) is 19.5 Å². The molecule has 2 aromatic carbocycles. The van der Waals surface area contributed by atoms with Crippen molar-refractivity contribution in [2.75, 3.05) is 7.11 Å². The van der Waals surface area contributed by atoms with Gasteiger partial charge in [-0.3, -0.25) is 14.3 Å². The van der Waals surface area contributed by atoms with Crippen LogP contribution in [0.4, 0.5) is 0 Å². The highest BCUT2D eigenvalue weighted by atomic mass is 32.2. The van der Waals surface area contributed by atoms with Crippen LogP contribution >= 0.6 is 11.8 Å². The molecule has 0 radical (unpaired) electrons. The SMILES string of the molecule is COc1ccc(-c2nc(CSc3nc4ccccc4c(=O)n3Cc3ccccn3)c(C)o2)cc1. The van der Waals surface area contributed by atoms with E-state index in [-0.39, 0.29) is 5.56 Å². The average molecular weight is 471 g/mol. The average Bonchev–Trinajstić information content (AvgIpc) is 3.25. The van der Waals surface area contributed by atoms with Crippen molar-refractivity contribution in [3.63, 3.8) is 0 Å². The number of rotatable bonds is 7. The van der Waals surface area contributed by atoms with E-state index < -0.39 is 0 Å². The minimum atomic E-state index is -0.0884. The molecule has 0 unspecified atom stereocenters. The maximum Gasteiger partial charge on any atom is 0.262 e. The van der Waals surface area contributed by atoms with E-state index in [2.05, 4.69) is 4.98 Å². The summed E-state index contributed by atoms with van der Waals surface area (Å²) >= 11 is 1.46. The molecule has 0 saturated carbocycles. The number of nitrogens with zero attached hydrogens (tertiary/aromatic N) is 4. The summed E-state index contributed by atoms with van der Waals surface area (Å²) in [7, 11) is 1.63. The second kappa shape index (κ2) is 9.52. The minimum absolute atomic E-state index is 0.0884. The van der Waals surface area contributed by atoms with E-state index in [0.29, 0.717) is 34.2 Å². The molecule has 170 valence electrons. The molecule has 0 aliphatic rings. The number of thioether (sulfide) groups is 1. The van der Waals surface area contributed by atoms with Gasteiger partial charge < -0.3 is 9.15 Å². The second-order valence-corrected chi connectivity index (χ2v) is 8.61. The number of hydrogen-bond donors (Lipinski definition) is 0. The van der Waals surface area contributed by atoms with Crippen LogP contribution in [0.15, 0.2) is 87.3 Å². The Morgan fingerprint density at radius 3 is 2.56 bits per heavy atom. The lowest BCUT2D eigenvalue weighted by atomic mass is 10.2. The van der Waals surface area contributed by atoms with E-state index in [1.807, 2.05) is 67.6 Å². The summed E-state index contributed by atoms with van der Waals surface area (Å²) in [4.78, 5) is 27.2. The first-order valence-corrected chi connectivity index (χ1v) is 11.7. The smallest absolute Gasteiger partial charge is 0.262 e. The standard InChI is InChI=1S/C26H22N4O3S/c1-17-23(28-24(33-17)18-10-12-20(32-2)13-11-18)16-34-26-29-22-9-4-3-8-21(22)25(31)30(26)15-19-7-5-6-14-27-19/h3-14H,15-16H2,1-2H3. The zero-order valence-corrected chi connectivity index (χ0v) is 19.6. The van der Waals surface area contributed by atoms with E-state index in [0.717, 1.165) is 28.5 Å². The first kappa shape index (κ1) is 21.9. The molecule has 0 atom stereocenters. The molecule has 0 aliphatic heterocycles. The monoisotopic (exact) mass is 470 g/mol. The predicted molar refractivity (Wildman–Crippen MR) is 132 cm³/mol. The molecular formula is C26H22N4O3S. The maximum absolute atomic E-state index is 13.3. The number of fused-ring (bicyclic) bond motifs is 1. The van der Waals surface area contributed by atoms with Gasteiger partial charge in [0.25, 0.3) is 5.56 Å². The number of para-hydroxylation sites is 1. The Hall–Kier alpha value is -3.91. The summed E-state index contributed by atoms with van der Waals surface area (Å²) in [5, 5.41) is 1.20. The number of ether oxygens (including phenoxy) is 1. The Bertz CT molecular complexity index is 1490. The van der Waals surface area contributed by atoms with Crippen LogP contribution in [0.1, 0.15) is 17.1 Å². The van der Waals surface area contributed by atoms with Crippen LogP contribution in [0.25, 0.3) is 22.4 Å². The van der Waals surface area contributed by atoms with E-state index >= 15 is 0 Å². The number of benzene rings is 2. The Morgan fingerprint density at radius 1 is 1.00 bits per heavy atom. The fraction of sp³-hybridized carbons (Fsp3) is 0.154. The molecule has 5 rings (SSSR count). The summed E-state index contributed by atoms with van der Waals surface area (Å²) in [5.41, 5.74) is 3.05. The van der Waals surface area contributed by atoms with Crippen LogP contribution < -0.4 is 10.3 Å². The third kappa shape index (κ3) is 4.45. The molecule has 5 aromatic rings. The fourth-order valence-corrected chi connectivity index (χ4v) is 4.60. The van der Waals surface area contributed by atoms with E-state index in [1.54, 1.807) is 23.9 Å². The van der Waals surface area contributed by atoms with Gasteiger partial charge >= 0.3 is 0 Å². The summed E-state index contributed by atoms with van der Waals surface area (Å²) in [6, 6.07) is 20.6. The van der Waals surface area contributed by atoms with Gasteiger partial charge in [0.1, 0.15) is 11.5 Å². The lowest BCUT2D eigenvalue weighted by Crippen LogP contribution is -2.24. The fourth-order valence-electron chi connectivity index (χ4n) is 3.60. The highest BCUT2D eigenvalue weighted by molar-refractivity contribution is 7.98. The zero-order chi connectivity index (χ0) is 23.5. The number of oxazole rings is 1. The molecule has 34 heavy (non-hydrogen) atoms. The normalized spacial score (nSPS) is 11.1. The van der Waals surface area contributed by atoms with Crippen LogP contribution in [0.3, 0.4) is 0 Å². The Labute approximate surface area is 200 Å². The summed E-state index contributed by atoms with van der Waals surface area (Å²) in [6.07, 6.45) is 1.72. The van der Waals surface area contributed by atoms with Gasteiger partial charge in [-0.1, -0.05) is 30.0 Å². The molecule has 0 fully saturated rings. The molecule has 0 spiro atoms. The van der Waals surface area contributed by atoms with Crippen molar-refractivity contribution in [1.29, 1.82) is 0 Å². The first-order valence-electron chi connectivity index (χ1n) is 10.8. The van der Waals surface area contributed by atoms with Crippen molar-refractivity contribution in [2.45, 2.75) is 24.4 Å². The zero-order valence-electron chi connectivity index (χ0n) is 18.8. The first-order chi connectivity index (χ1) is 16.6. The van der Waals surface area contributed by atoms with Crippen molar-refractivity contribution in [3.05, 3.63) is 100 Å². The van der Waals surface area contributed by atoms with Crippen LogP contribution in [0.2, 0.25) is 0 Å². The highest BCUT2D eigenvalue weighted by Gasteiger charge is 2.16.